The smallest absolute Gasteiger partial charge is 0.413 e. The third-order valence-corrected chi connectivity index (χ3v) is 3.70. The first kappa shape index (κ1) is 19.2. The Morgan fingerprint density at radius 3 is 2.56 bits per heavy atom. The van der Waals surface area contributed by atoms with Crippen molar-refractivity contribution in [3.63, 3.8) is 0 Å². The molecule has 1 aromatic heterocycles. The Morgan fingerprint density at radius 2 is 2.00 bits per heavy atom. The van der Waals surface area contributed by atoms with Crippen molar-refractivity contribution in [1.29, 1.82) is 0 Å². The van der Waals surface area contributed by atoms with Crippen LogP contribution in [0.15, 0.2) is 41.0 Å². The second-order valence-corrected chi connectivity index (χ2v) is 7.51. The normalized spacial score (nSPS) is 12.4. The lowest BCUT2D eigenvalue weighted by Crippen LogP contribution is -2.27. The molecule has 5 nitrogen and oxygen atoms in total. The first-order valence-corrected chi connectivity index (χ1v) is 8.61. The Labute approximate surface area is 155 Å². The summed E-state index contributed by atoms with van der Waals surface area (Å²) in [5.41, 5.74) is 0.694. The molecule has 2 rings (SSSR count). The van der Waals surface area contributed by atoms with Gasteiger partial charge in [-0.05, 0) is 52.0 Å². The van der Waals surface area contributed by atoms with Crippen molar-refractivity contribution >= 4 is 33.5 Å². The maximum atomic E-state index is 14.0. The van der Waals surface area contributed by atoms with Crippen LogP contribution in [-0.2, 0) is 4.74 Å². The van der Waals surface area contributed by atoms with Crippen LogP contribution in [0.4, 0.5) is 20.7 Å². The molecule has 1 amide bonds. The number of rotatable bonds is 4. The van der Waals surface area contributed by atoms with Crippen molar-refractivity contribution in [1.82, 2.24) is 4.98 Å². The summed E-state index contributed by atoms with van der Waals surface area (Å²) in [6.07, 6.45) is 1.01. The van der Waals surface area contributed by atoms with E-state index in [0.29, 0.717) is 21.5 Å². The van der Waals surface area contributed by atoms with E-state index in [9.17, 15) is 9.18 Å². The summed E-state index contributed by atoms with van der Waals surface area (Å²) in [7, 11) is 0. The Hall–Kier alpha value is -2.15. The molecule has 0 spiro atoms. The lowest BCUT2D eigenvalue weighted by molar-refractivity contribution is 0.0635. The molecular formula is C18H21BrFN3O2. The Morgan fingerprint density at radius 1 is 1.28 bits per heavy atom. The SMILES string of the molecule is CC(Nc1ccc(NC(=O)OC(C)(C)C)nc1)c1ccc(Br)cc1F. The highest BCUT2D eigenvalue weighted by atomic mass is 79.9. The molecule has 25 heavy (non-hydrogen) atoms. The third-order valence-electron chi connectivity index (χ3n) is 3.20. The van der Waals surface area contributed by atoms with Crippen molar-refractivity contribution < 1.29 is 13.9 Å². The van der Waals surface area contributed by atoms with Crippen molar-refractivity contribution in [2.75, 3.05) is 10.6 Å². The minimum Gasteiger partial charge on any atom is -0.444 e. The van der Waals surface area contributed by atoms with Crippen LogP contribution in [0.3, 0.4) is 0 Å². The average molecular weight is 410 g/mol. The number of hydrogen-bond acceptors (Lipinski definition) is 4. The van der Waals surface area contributed by atoms with Crippen LogP contribution in [0.2, 0.25) is 0 Å². The third kappa shape index (κ3) is 6.01. The van der Waals surface area contributed by atoms with Gasteiger partial charge < -0.3 is 10.1 Å². The second-order valence-electron chi connectivity index (χ2n) is 6.59. The van der Waals surface area contributed by atoms with E-state index in [-0.39, 0.29) is 11.9 Å². The highest BCUT2D eigenvalue weighted by Crippen LogP contribution is 2.24. The molecule has 0 saturated carbocycles. The molecule has 1 heterocycles. The van der Waals surface area contributed by atoms with E-state index >= 15 is 0 Å². The van der Waals surface area contributed by atoms with E-state index in [2.05, 4.69) is 31.5 Å². The van der Waals surface area contributed by atoms with E-state index in [0.717, 1.165) is 0 Å². The van der Waals surface area contributed by atoms with Crippen molar-refractivity contribution in [2.24, 2.45) is 0 Å². The van der Waals surface area contributed by atoms with Gasteiger partial charge in [0.2, 0.25) is 0 Å². The summed E-state index contributed by atoms with van der Waals surface area (Å²) in [6.45, 7) is 7.22. The zero-order chi connectivity index (χ0) is 18.6. The van der Waals surface area contributed by atoms with Gasteiger partial charge in [-0.2, -0.15) is 0 Å². The van der Waals surface area contributed by atoms with Crippen LogP contribution < -0.4 is 10.6 Å². The fraction of sp³-hybridized carbons (Fsp3) is 0.333. The second kappa shape index (κ2) is 7.82. The topological polar surface area (TPSA) is 63.2 Å². The first-order chi connectivity index (χ1) is 11.6. The van der Waals surface area contributed by atoms with Crippen LogP contribution in [0.5, 0.6) is 0 Å². The zero-order valence-electron chi connectivity index (χ0n) is 14.6. The zero-order valence-corrected chi connectivity index (χ0v) is 16.1. The number of carbonyl (C=O) groups is 1. The Bertz CT molecular complexity index is 745. The molecule has 134 valence electrons. The molecule has 1 atom stereocenters. The van der Waals surface area contributed by atoms with Gasteiger partial charge >= 0.3 is 6.09 Å². The van der Waals surface area contributed by atoms with Crippen LogP contribution in [0, 0.1) is 5.82 Å². The lowest BCUT2D eigenvalue weighted by atomic mass is 10.1. The summed E-state index contributed by atoms with van der Waals surface area (Å²) in [4.78, 5) is 15.9. The summed E-state index contributed by atoms with van der Waals surface area (Å²) in [6, 6.07) is 8.12. The van der Waals surface area contributed by atoms with Gasteiger partial charge in [-0.1, -0.05) is 22.0 Å². The van der Waals surface area contributed by atoms with E-state index in [4.69, 9.17) is 4.74 Å². The van der Waals surface area contributed by atoms with Gasteiger partial charge in [-0.25, -0.2) is 14.2 Å². The number of benzene rings is 1. The number of pyridine rings is 1. The number of halogens is 2. The average Bonchev–Trinajstić information content (AvgIpc) is 2.47. The minimum atomic E-state index is -0.574. The molecule has 0 fully saturated rings. The number of hydrogen-bond donors (Lipinski definition) is 2. The fourth-order valence-corrected chi connectivity index (χ4v) is 2.47. The predicted octanol–water partition coefficient (Wildman–Crippen LogP) is 5.50. The van der Waals surface area contributed by atoms with Crippen molar-refractivity contribution in [3.8, 4) is 0 Å². The molecule has 0 aliphatic carbocycles. The summed E-state index contributed by atoms with van der Waals surface area (Å²) in [5, 5.41) is 5.74. The monoisotopic (exact) mass is 409 g/mol. The highest BCUT2D eigenvalue weighted by molar-refractivity contribution is 9.10. The maximum Gasteiger partial charge on any atom is 0.413 e. The van der Waals surface area contributed by atoms with Crippen molar-refractivity contribution in [2.45, 2.75) is 39.3 Å². The maximum absolute atomic E-state index is 14.0. The molecule has 7 heteroatoms. The molecule has 0 bridgehead atoms. The number of anilines is 2. The molecule has 0 aliphatic heterocycles. The standard InChI is InChI=1S/C18H21BrFN3O2/c1-11(14-7-5-12(19)9-15(14)20)22-13-6-8-16(21-10-13)23-17(24)25-18(2,3)4/h5-11,22H,1-4H3,(H,21,23,24). The van der Waals surface area contributed by atoms with Crippen LogP contribution in [0.1, 0.15) is 39.3 Å². The number of nitrogens with one attached hydrogen (secondary N) is 2. The largest absolute Gasteiger partial charge is 0.444 e. The Balaban J connectivity index is 1.99. The van der Waals surface area contributed by atoms with Gasteiger partial charge in [0, 0.05) is 10.0 Å². The molecule has 1 aromatic carbocycles. The minimum absolute atomic E-state index is 0.237. The van der Waals surface area contributed by atoms with Crippen LogP contribution in [-0.4, -0.2) is 16.7 Å². The van der Waals surface area contributed by atoms with Crippen LogP contribution >= 0.6 is 15.9 Å². The lowest BCUT2D eigenvalue weighted by Gasteiger charge is -2.19. The number of aromatic nitrogens is 1. The molecule has 1 unspecified atom stereocenters. The summed E-state index contributed by atoms with van der Waals surface area (Å²) < 4.78 is 19.9. The predicted molar refractivity (Wildman–Crippen MR) is 100 cm³/mol. The van der Waals surface area contributed by atoms with Gasteiger partial charge in [-0.15, -0.1) is 0 Å². The summed E-state index contributed by atoms with van der Waals surface area (Å²) in [5.74, 6) is 0.0906. The Kier molecular flexibility index (Phi) is 6.00. The first-order valence-electron chi connectivity index (χ1n) is 7.81. The highest BCUT2D eigenvalue weighted by Gasteiger charge is 2.16. The van der Waals surface area contributed by atoms with Crippen LogP contribution in [0.25, 0.3) is 0 Å². The van der Waals surface area contributed by atoms with Gasteiger partial charge in [0.15, 0.2) is 0 Å². The number of carbonyl (C=O) groups excluding carboxylic acids is 1. The fourth-order valence-electron chi connectivity index (χ4n) is 2.14. The van der Waals surface area contributed by atoms with E-state index in [1.807, 2.05) is 6.92 Å². The van der Waals surface area contributed by atoms with Crippen molar-refractivity contribution in [3.05, 3.63) is 52.4 Å². The molecule has 0 radical (unpaired) electrons. The van der Waals surface area contributed by atoms with E-state index in [1.165, 1.54) is 6.07 Å². The van der Waals surface area contributed by atoms with E-state index < -0.39 is 11.7 Å². The molecule has 0 aliphatic rings. The quantitative estimate of drug-likeness (QED) is 0.699. The van der Waals surface area contributed by atoms with Gasteiger partial charge in [-0.3, -0.25) is 5.32 Å². The summed E-state index contributed by atoms with van der Waals surface area (Å²) >= 11 is 3.24. The van der Waals surface area contributed by atoms with Gasteiger partial charge in [0.25, 0.3) is 0 Å². The number of amides is 1. The van der Waals surface area contributed by atoms with Gasteiger partial charge in [0.1, 0.15) is 17.2 Å². The molecule has 0 saturated heterocycles. The number of ether oxygens (including phenoxy) is 1. The molecule has 2 N–H and O–H groups in total. The molecule has 2 aromatic rings. The molecular weight excluding hydrogens is 389 g/mol. The number of nitrogens with zero attached hydrogens (tertiary/aromatic N) is 1. The van der Waals surface area contributed by atoms with E-state index in [1.54, 1.807) is 51.2 Å². The van der Waals surface area contributed by atoms with Gasteiger partial charge in [0.05, 0.1) is 17.9 Å².